The number of alkyl halides is 5. The van der Waals surface area contributed by atoms with Crippen molar-refractivity contribution in [2.24, 2.45) is 0 Å². The predicted octanol–water partition coefficient (Wildman–Crippen LogP) is 4.73. The molecule has 14 heavy (non-hydrogen) atoms. The summed E-state index contributed by atoms with van der Waals surface area (Å²) in [6.07, 6.45) is 0. The van der Waals surface area contributed by atoms with Crippen LogP contribution in [0.2, 0.25) is 0 Å². The van der Waals surface area contributed by atoms with E-state index in [1.54, 1.807) is 12.1 Å². The second-order valence-electron chi connectivity index (χ2n) is 2.80. The monoisotopic (exact) mass is 290 g/mol. The molecule has 1 unspecified atom stereocenters. The van der Waals surface area contributed by atoms with Crippen LogP contribution >= 0.6 is 58.0 Å². The first-order valence-corrected chi connectivity index (χ1v) is 5.83. The second-order valence-corrected chi connectivity index (χ2v) is 5.99. The Kier molecular flexibility index (Phi) is 4.25. The Morgan fingerprint density at radius 2 is 1.43 bits per heavy atom. The van der Waals surface area contributed by atoms with Gasteiger partial charge in [0.25, 0.3) is 0 Å². The summed E-state index contributed by atoms with van der Waals surface area (Å²) < 4.78 is -1.64. The van der Waals surface area contributed by atoms with Crippen molar-refractivity contribution in [2.75, 3.05) is 5.88 Å². The van der Waals surface area contributed by atoms with Crippen molar-refractivity contribution in [2.45, 2.75) is 8.67 Å². The number of halogens is 5. The van der Waals surface area contributed by atoms with Crippen molar-refractivity contribution in [3.63, 3.8) is 0 Å². The van der Waals surface area contributed by atoms with Crippen LogP contribution in [0.4, 0.5) is 0 Å². The lowest BCUT2D eigenvalue weighted by atomic mass is 10.0. The molecule has 1 atom stereocenters. The van der Waals surface area contributed by atoms with Gasteiger partial charge in [-0.05, 0) is 5.56 Å². The number of hydrogen-bond acceptors (Lipinski definition) is 0. The van der Waals surface area contributed by atoms with Gasteiger partial charge in [0.2, 0.25) is 3.79 Å². The van der Waals surface area contributed by atoms with Crippen LogP contribution < -0.4 is 0 Å². The normalized spacial score (nSPS) is 16.4. The van der Waals surface area contributed by atoms with Crippen LogP contribution in [-0.4, -0.2) is 9.67 Å². The minimum atomic E-state index is -1.64. The fourth-order valence-corrected chi connectivity index (χ4v) is 2.23. The van der Waals surface area contributed by atoms with E-state index in [1.807, 2.05) is 18.2 Å². The SMILES string of the molecule is ClCC(Cl)(c1ccccc1)C(Cl)(Cl)Cl. The van der Waals surface area contributed by atoms with E-state index in [0.717, 1.165) is 0 Å². The molecule has 0 aliphatic heterocycles. The van der Waals surface area contributed by atoms with Gasteiger partial charge >= 0.3 is 0 Å². The molecule has 0 aromatic heterocycles. The van der Waals surface area contributed by atoms with Gasteiger partial charge < -0.3 is 0 Å². The highest BCUT2D eigenvalue weighted by Crippen LogP contribution is 2.50. The first-order chi connectivity index (χ1) is 6.42. The maximum atomic E-state index is 6.20. The van der Waals surface area contributed by atoms with Crippen LogP contribution in [-0.2, 0) is 4.87 Å². The smallest absolute Gasteiger partial charge is 0.124 e. The fraction of sp³-hybridized carbons (Fsp3) is 0.333. The van der Waals surface area contributed by atoms with Crippen molar-refractivity contribution in [3.8, 4) is 0 Å². The minimum Gasteiger partial charge on any atom is -0.124 e. The molecule has 0 radical (unpaired) electrons. The molecule has 0 spiro atoms. The molecule has 1 aromatic rings. The molecule has 0 fully saturated rings. The van der Waals surface area contributed by atoms with Gasteiger partial charge in [-0.3, -0.25) is 0 Å². The molecule has 0 saturated carbocycles. The largest absolute Gasteiger partial charge is 0.214 e. The predicted molar refractivity (Wildman–Crippen MR) is 65.0 cm³/mol. The summed E-state index contributed by atoms with van der Waals surface area (Å²) in [6, 6.07) is 9.03. The average Bonchev–Trinajstić information content (AvgIpc) is 2.16. The van der Waals surface area contributed by atoms with E-state index >= 15 is 0 Å². The van der Waals surface area contributed by atoms with Crippen LogP contribution in [0.3, 0.4) is 0 Å². The molecule has 0 bridgehead atoms. The fourth-order valence-electron chi connectivity index (χ4n) is 1.02. The van der Waals surface area contributed by atoms with Gasteiger partial charge in [0.1, 0.15) is 4.87 Å². The van der Waals surface area contributed by atoms with E-state index in [2.05, 4.69) is 0 Å². The Balaban J connectivity index is 3.15. The van der Waals surface area contributed by atoms with E-state index in [9.17, 15) is 0 Å². The van der Waals surface area contributed by atoms with E-state index in [1.165, 1.54) is 0 Å². The molecule has 0 saturated heterocycles. The first-order valence-electron chi connectivity index (χ1n) is 3.79. The molecule has 1 rings (SSSR count). The average molecular weight is 292 g/mol. The van der Waals surface area contributed by atoms with Crippen LogP contribution in [0.15, 0.2) is 30.3 Å². The molecular weight excluding hydrogens is 285 g/mol. The lowest BCUT2D eigenvalue weighted by Crippen LogP contribution is -2.36. The van der Waals surface area contributed by atoms with Gasteiger partial charge in [0, 0.05) is 5.88 Å². The van der Waals surface area contributed by atoms with Crippen molar-refractivity contribution in [1.82, 2.24) is 0 Å². The lowest BCUT2D eigenvalue weighted by molar-refractivity contribution is 0.705. The lowest BCUT2D eigenvalue weighted by Gasteiger charge is -2.32. The first kappa shape index (κ1) is 12.7. The Morgan fingerprint density at radius 3 is 1.79 bits per heavy atom. The standard InChI is InChI=1S/C9H7Cl5/c10-6-8(11,9(12,13)14)7-4-2-1-3-5-7/h1-5H,6H2. The Labute approximate surface area is 108 Å². The van der Waals surface area contributed by atoms with E-state index in [0.29, 0.717) is 5.56 Å². The van der Waals surface area contributed by atoms with Crippen LogP contribution in [0, 0.1) is 0 Å². The maximum Gasteiger partial charge on any atom is 0.214 e. The van der Waals surface area contributed by atoms with Gasteiger partial charge in [-0.1, -0.05) is 65.1 Å². The number of benzene rings is 1. The van der Waals surface area contributed by atoms with Gasteiger partial charge in [-0.2, -0.15) is 0 Å². The molecule has 0 aliphatic carbocycles. The summed E-state index contributed by atoms with van der Waals surface area (Å²) in [5.41, 5.74) is 0.691. The third kappa shape index (κ3) is 2.43. The summed E-state index contributed by atoms with van der Waals surface area (Å²) in [4.78, 5) is -1.19. The quantitative estimate of drug-likeness (QED) is 0.691. The minimum absolute atomic E-state index is 0.0229. The molecule has 78 valence electrons. The van der Waals surface area contributed by atoms with E-state index in [4.69, 9.17) is 58.0 Å². The third-order valence-electron chi connectivity index (χ3n) is 1.86. The van der Waals surface area contributed by atoms with Crippen LogP contribution in [0.25, 0.3) is 0 Å². The zero-order valence-electron chi connectivity index (χ0n) is 6.98. The summed E-state index contributed by atoms with van der Waals surface area (Å²) in [5, 5.41) is 0. The van der Waals surface area contributed by atoms with Crippen molar-refractivity contribution < 1.29 is 0 Å². The number of rotatable bonds is 2. The summed E-state index contributed by atoms with van der Waals surface area (Å²) in [5.74, 6) is 0.0229. The van der Waals surface area contributed by atoms with E-state index in [-0.39, 0.29) is 5.88 Å². The van der Waals surface area contributed by atoms with Gasteiger partial charge in [-0.25, -0.2) is 0 Å². The topological polar surface area (TPSA) is 0 Å². The highest BCUT2D eigenvalue weighted by Gasteiger charge is 2.47. The highest BCUT2D eigenvalue weighted by molar-refractivity contribution is 6.71. The zero-order chi connectivity index (χ0) is 10.8. The van der Waals surface area contributed by atoms with Gasteiger partial charge in [0.05, 0.1) is 0 Å². The van der Waals surface area contributed by atoms with Crippen LogP contribution in [0.5, 0.6) is 0 Å². The van der Waals surface area contributed by atoms with Gasteiger partial charge in [0.15, 0.2) is 0 Å². The molecule has 0 N–H and O–H groups in total. The molecule has 0 nitrogen and oxygen atoms in total. The molecule has 0 amide bonds. The molecule has 1 aromatic carbocycles. The third-order valence-corrected chi connectivity index (χ3v) is 4.30. The van der Waals surface area contributed by atoms with Crippen molar-refractivity contribution >= 4 is 58.0 Å². The Hall–Kier alpha value is 0.670. The van der Waals surface area contributed by atoms with E-state index < -0.39 is 8.67 Å². The number of hydrogen-bond donors (Lipinski definition) is 0. The van der Waals surface area contributed by atoms with Crippen molar-refractivity contribution in [1.29, 1.82) is 0 Å². The molecule has 0 heterocycles. The van der Waals surface area contributed by atoms with Crippen LogP contribution in [0.1, 0.15) is 5.56 Å². The zero-order valence-corrected chi connectivity index (χ0v) is 10.8. The summed E-state index contributed by atoms with van der Waals surface area (Å²) >= 11 is 29.3. The summed E-state index contributed by atoms with van der Waals surface area (Å²) in [6.45, 7) is 0. The Bertz CT molecular complexity index is 292. The molecule has 0 aliphatic rings. The molecule has 5 heteroatoms. The Morgan fingerprint density at radius 1 is 0.929 bits per heavy atom. The second kappa shape index (κ2) is 4.67. The van der Waals surface area contributed by atoms with Gasteiger partial charge in [-0.15, -0.1) is 23.2 Å². The molecular formula is C9H7Cl5. The maximum absolute atomic E-state index is 6.20. The summed E-state index contributed by atoms with van der Waals surface area (Å²) in [7, 11) is 0. The highest BCUT2D eigenvalue weighted by atomic mass is 35.6. The van der Waals surface area contributed by atoms with Crippen molar-refractivity contribution in [3.05, 3.63) is 35.9 Å².